The van der Waals surface area contributed by atoms with E-state index in [1.807, 2.05) is 0 Å². The van der Waals surface area contributed by atoms with Crippen molar-refractivity contribution < 1.29 is 13.0 Å². The summed E-state index contributed by atoms with van der Waals surface area (Å²) in [6, 6.07) is 4.54. The summed E-state index contributed by atoms with van der Waals surface area (Å²) < 4.78 is 32.0. The Morgan fingerprint density at radius 2 is 1.43 bits per heavy atom. The number of unbranched alkanes of at least 4 members (excludes halogenated alkanes) is 9. The van der Waals surface area contributed by atoms with E-state index in [1.54, 1.807) is 6.07 Å². The molecule has 0 atom stereocenters. The molecule has 0 aliphatic heterocycles. The lowest BCUT2D eigenvalue weighted by Crippen LogP contribution is -2.04. The molecule has 0 heterocycles. The van der Waals surface area contributed by atoms with E-state index in [0.29, 0.717) is 17.7 Å². The normalized spacial score (nSPS) is 11.7. The van der Waals surface area contributed by atoms with Crippen molar-refractivity contribution in [1.82, 2.24) is 0 Å². The first-order chi connectivity index (χ1) is 10.9. The minimum atomic E-state index is -4.17. The highest BCUT2D eigenvalue weighted by Crippen LogP contribution is 2.21. The number of hydrogen-bond donors (Lipinski definition) is 2. The predicted molar refractivity (Wildman–Crippen MR) is 96.2 cm³/mol. The lowest BCUT2D eigenvalue weighted by Gasteiger charge is -2.08. The number of anilines is 1. The zero-order valence-corrected chi connectivity index (χ0v) is 15.1. The second kappa shape index (κ2) is 10.7. The van der Waals surface area contributed by atoms with Gasteiger partial charge in [-0.2, -0.15) is 8.42 Å². The summed E-state index contributed by atoms with van der Waals surface area (Å²) in [6.07, 6.45) is 13.0. The Kier molecular flexibility index (Phi) is 9.26. The van der Waals surface area contributed by atoms with E-state index in [9.17, 15) is 13.0 Å². The molecule has 1 aromatic carbocycles. The van der Waals surface area contributed by atoms with E-state index < -0.39 is 10.1 Å². The van der Waals surface area contributed by atoms with Crippen LogP contribution in [0.4, 0.5) is 5.69 Å². The third kappa shape index (κ3) is 8.37. The van der Waals surface area contributed by atoms with Gasteiger partial charge in [0.25, 0.3) is 10.1 Å². The van der Waals surface area contributed by atoms with E-state index in [2.05, 4.69) is 6.92 Å². The fourth-order valence-corrected chi connectivity index (χ4v) is 3.58. The van der Waals surface area contributed by atoms with Gasteiger partial charge in [0.15, 0.2) is 0 Å². The summed E-state index contributed by atoms with van der Waals surface area (Å²) in [5.41, 5.74) is 6.86. The Morgan fingerprint density at radius 3 is 1.96 bits per heavy atom. The van der Waals surface area contributed by atoms with Crippen LogP contribution in [0.25, 0.3) is 0 Å². The largest absolute Gasteiger partial charge is 0.399 e. The van der Waals surface area contributed by atoms with Gasteiger partial charge in [0.05, 0.1) is 4.90 Å². The fraction of sp³-hybridized carbons (Fsp3) is 0.667. The van der Waals surface area contributed by atoms with Gasteiger partial charge < -0.3 is 5.73 Å². The SMILES string of the molecule is CCCCCCCCCCCCc1cc(N)ccc1S(=O)(=O)O. The summed E-state index contributed by atoms with van der Waals surface area (Å²) in [5.74, 6) is 0. The highest BCUT2D eigenvalue weighted by molar-refractivity contribution is 7.85. The molecule has 4 nitrogen and oxygen atoms in total. The standard InChI is InChI=1S/C18H31NO3S/c1-2-3-4-5-6-7-8-9-10-11-12-16-15-17(19)13-14-18(16)23(20,21)22/h13-15H,2-12,19H2,1H3,(H,20,21,22). The van der Waals surface area contributed by atoms with Gasteiger partial charge in [0, 0.05) is 5.69 Å². The van der Waals surface area contributed by atoms with Crippen molar-refractivity contribution in [2.45, 2.75) is 82.4 Å². The molecule has 0 spiro atoms. The summed E-state index contributed by atoms with van der Waals surface area (Å²) in [7, 11) is -4.17. The lowest BCUT2D eigenvalue weighted by atomic mass is 10.0. The van der Waals surface area contributed by atoms with Gasteiger partial charge in [-0.3, -0.25) is 4.55 Å². The molecule has 1 rings (SSSR count). The number of nitrogens with two attached hydrogens (primary N) is 1. The molecular formula is C18H31NO3S. The highest BCUT2D eigenvalue weighted by atomic mass is 32.2. The molecule has 1 aromatic rings. The number of aryl methyl sites for hydroxylation is 1. The van der Waals surface area contributed by atoms with Crippen molar-refractivity contribution in [2.24, 2.45) is 0 Å². The van der Waals surface area contributed by atoms with Crippen LogP contribution < -0.4 is 5.73 Å². The Hall–Kier alpha value is -1.07. The van der Waals surface area contributed by atoms with Crippen molar-refractivity contribution in [3.63, 3.8) is 0 Å². The van der Waals surface area contributed by atoms with Crippen molar-refractivity contribution in [1.29, 1.82) is 0 Å². The third-order valence-corrected chi connectivity index (χ3v) is 5.12. The van der Waals surface area contributed by atoms with Crippen LogP contribution in [0, 0.1) is 0 Å². The van der Waals surface area contributed by atoms with Gasteiger partial charge in [0.1, 0.15) is 0 Å². The molecule has 0 aliphatic carbocycles. The zero-order chi connectivity index (χ0) is 17.1. The van der Waals surface area contributed by atoms with Gasteiger partial charge in [0.2, 0.25) is 0 Å². The highest BCUT2D eigenvalue weighted by Gasteiger charge is 2.15. The molecule has 0 bridgehead atoms. The molecule has 0 unspecified atom stereocenters. The van der Waals surface area contributed by atoms with Crippen LogP contribution >= 0.6 is 0 Å². The van der Waals surface area contributed by atoms with Gasteiger partial charge in [-0.15, -0.1) is 0 Å². The smallest absolute Gasteiger partial charge is 0.294 e. The Morgan fingerprint density at radius 1 is 0.913 bits per heavy atom. The van der Waals surface area contributed by atoms with Crippen molar-refractivity contribution in [3.8, 4) is 0 Å². The molecule has 5 heteroatoms. The molecule has 0 amide bonds. The summed E-state index contributed by atoms with van der Waals surface area (Å²) >= 11 is 0. The molecular weight excluding hydrogens is 310 g/mol. The maximum atomic E-state index is 11.4. The van der Waals surface area contributed by atoms with E-state index >= 15 is 0 Å². The Bertz CT molecular complexity index is 555. The molecule has 0 aromatic heterocycles. The van der Waals surface area contributed by atoms with Crippen LogP contribution in [0.15, 0.2) is 23.1 Å². The molecule has 0 saturated heterocycles. The van der Waals surface area contributed by atoms with Gasteiger partial charge in [-0.1, -0.05) is 64.7 Å². The van der Waals surface area contributed by atoms with Gasteiger partial charge in [-0.25, -0.2) is 0 Å². The average molecular weight is 342 g/mol. The third-order valence-electron chi connectivity index (χ3n) is 4.16. The molecule has 0 aliphatic rings. The Balaban J connectivity index is 2.25. The second-order valence-electron chi connectivity index (χ2n) is 6.27. The molecule has 0 saturated carbocycles. The van der Waals surface area contributed by atoms with Crippen LogP contribution in [0.1, 0.15) is 76.7 Å². The van der Waals surface area contributed by atoms with Gasteiger partial charge in [-0.05, 0) is 36.6 Å². The molecule has 0 fully saturated rings. The van der Waals surface area contributed by atoms with Crippen LogP contribution in [-0.4, -0.2) is 13.0 Å². The summed E-state index contributed by atoms with van der Waals surface area (Å²) in [6.45, 7) is 2.23. The average Bonchev–Trinajstić information content (AvgIpc) is 2.48. The molecule has 23 heavy (non-hydrogen) atoms. The Labute approximate surface area is 141 Å². The van der Waals surface area contributed by atoms with Crippen LogP contribution in [0.3, 0.4) is 0 Å². The summed E-state index contributed by atoms with van der Waals surface area (Å²) in [5, 5.41) is 0. The second-order valence-corrected chi connectivity index (χ2v) is 7.66. The van der Waals surface area contributed by atoms with Crippen LogP contribution in [-0.2, 0) is 16.5 Å². The van der Waals surface area contributed by atoms with Crippen LogP contribution in [0.5, 0.6) is 0 Å². The van der Waals surface area contributed by atoms with Gasteiger partial charge >= 0.3 is 0 Å². The topological polar surface area (TPSA) is 80.4 Å². The van der Waals surface area contributed by atoms with E-state index in [-0.39, 0.29) is 4.90 Å². The number of nitrogen functional groups attached to an aromatic ring is 1. The lowest BCUT2D eigenvalue weighted by molar-refractivity contribution is 0.481. The van der Waals surface area contributed by atoms with Crippen molar-refractivity contribution in [3.05, 3.63) is 23.8 Å². The zero-order valence-electron chi connectivity index (χ0n) is 14.3. The molecule has 0 radical (unpaired) electrons. The first-order valence-corrected chi connectivity index (χ1v) is 10.2. The molecule has 132 valence electrons. The number of hydrogen-bond acceptors (Lipinski definition) is 3. The first-order valence-electron chi connectivity index (χ1n) is 8.81. The fourth-order valence-electron chi connectivity index (χ4n) is 2.85. The minimum Gasteiger partial charge on any atom is -0.399 e. The van der Waals surface area contributed by atoms with Crippen molar-refractivity contribution >= 4 is 15.8 Å². The predicted octanol–water partition coefficient (Wildman–Crippen LogP) is 4.98. The quantitative estimate of drug-likeness (QED) is 0.319. The van der Waals surface area contributed by atoms with E-state index in [4.69, 9.17) is 5.73 Å². The number of benzene rings is 1. The first kappa shape index (κ1) is 20.0. The molecule has 3 N–H and O–H groups in total. The minimum absolute atomic E-state index is 0.0115. The monoisotopic (exact) mass is 341 g/mol. The number of rotatable bonds is 12. The van der Waals surface area contributed by atoms with Crippen LogP contribution in [0.2, 0.25) is 0 Å². The maximum absolute atomic E-state index is 11.4. The summed E-state index contributed by atoms with van der Waals surface area (Å²) in [4.78, 5) is -0.0115. The van der Waals surface area contributed by atoms with Crippen molar-refractivity contribution in [2.75, 3.05) is 5.73 Å². The maximum Gasteiger partial charge on any atom is 0.294 e. The van der Waals surface area contributed by atoms with E-state index in [0.717, 1.165) is 12.8 Å². The van der Waals surface area contributed by atoms with E-state index in [1.165, 1.54) is 63.5 Å².